The summed E-state index contributed by atoms with van der Waals surface area (Å²) in [5, 5.41) is 12.4. The lowest BCUT2D eigenvalue weighted by atomic mass is 10.0. The van der Waals surface area contributed by atoms with Crippen molar-refractivity contribution in [2.45, 2.75) is 31.8 Å². The number of aromatic nitrogens is 1. The van der Waals surface area contributed by atoms with E-state index in [9.17, 15) is 9.90 Å². The largest absolute Gasteiger partial charge is 0.394 e. The van der Waals surface area contributed by atoms with Crippen molar-refractivity contribution >= 4 is 6.03 Å². The molecule has 1 aliphatic heterocycles. The Kier molecular flexibility index (Phi) is 5.11. The molecule has 0 spiro atoms. The molecule has 0 aliphatic carbocycles. The highest BCUT2D eigenvalue weighted by Gasteiger charge is 2.28. The Balaban J connectivity index is 1.65. The van der Waals surface area contributed by atoms with Gasteiger partial charge in [0.2, 0.25) is 0 Å². The van der Waals surface area contributed by atoms with Crippen molar-refractivity contribution in [1.29, 1.82) is 0 Å². The Labute approximate surface area is 142 Å². The summed E-state index contributed by atoms with van der Waals surface area (Å²) in [6.07, 6.45) is 5.38. The third-order valence-electron chi connectivity index (χ3n) is 4.61. The summed E-state index contributed by atoms with van der Waals surface area (Å²) < 4.78 is 0. The van der Waals surface area contributed by atoms with E-state index < -0.39 is 0 Å². The smallest absolute Gasteiger partial charge is 0.318 e. The molecule has 0 saturated carbocycles. The van der Waals surface area contributed by atoms with E-state index in [4.69, 9.17) is 0 Å². The molecule has 2 amide bonds. The van der Waals surface area contributed by atoms with Gasteiger partial charge >= 0.3 is 6.03 Å². The number of hydrogen-bond acceptors (Lipinski definition) is 3. The first kappa shape index (κ1) is 16.5. The number of nitrogens with zero attached hydrogens (tertiary/aromatic N) is 2. The van der Waals surface area contributed by atoms with E-state index in [1.807, 2.05) is 31.2 Å². The van der Waals surface area contributed by atoms with Gasteiger partial charge in [0.1, 0.15) is 0 Å². The first-order chi connectivity index (χ1) is 11.7. The van der Waals surface area contributed by atoms with Crippen LogP contribution in [0.25, 0.3) is 11.1 Å². The lowest BCUT2D eigenvalue weighted by Gasteiger charge is -2.25. The summed E-state index contributed by atoms with van der Waals surface area (Å²) in [7, 11) is 0. The maximum atomic E-state index is 12.4. The van der Waals surface area contributed by atoms with Gasteiger partial charge in [0.15, 0.2) is 0 Å². The monoisotopic (exact) mass is 325 g/mol. The van der Waals surface area contributed by atoms with Crippen molar-refractivity contribution < 1.29 is 9.90 Å². The third kappa shape index (κ3) is 3.57. The molecule has 24 heavy (non-hydrogen) atoms. The number of carbonyl (C=O) groups is 1. The van der Waals surface area contributed by atoms with E-state index in [0.29, 0.717) is 6.54 Å². The van der Waals surface area contributed by atoms with Crippen LogP contribution in [0.2, 0.25) is 0 Å². The number of amides is 2. The van der Waals surface area contributed by atoms with Crippen LogP contribution in [-0.4, -0.2) is 40.2 Å². The van der Waals surface area contributed by atoms with E-state index in [1.54, 1.807) is 17.3 Å². The molecule has 1 saturated heterocycles. The molecule has 2 N–H and O–H groups in total. The van der Waals surface area contributed by atoms with Crippen molar-refractivity contribution in [2.24, 2.45) is 0 Å². The standard InChI is InChI=1S/C19H23N3O2/c1-14(21-19(24)22-12-2-3-18(22)13-23)15-4-6-16(7-5-15)17-8-10-20-11-9-17/h4-11,14,18,23H,2-3,12-13H2,1H3,(H,21,24)/t14-,18+/m1/s1. The number of urea groups is 1. The van der Waals surface area contributed by atoms with Crippen LogP contribution in [0.4, 0.5) is 4.79 Å². The van der Waals surface area contributed by atoms with Gasteiger partial charge in [-0.25, -0.2) is 4.79 Å². The highest BCUT2D eigenvalue weighted by atomic mass is 16.3. The van der Waals surface area contributed by atoms with Crippen LogP contribution in [0.1, 0.15) is 31.4 Å². The summed E-state index contributed by atoms with van der Waals surface area (Å²) in [5.41, 5.74) is 3.30. The zero-order valence-electron chi connectivity index (χ0n) is 13.9. The van der Waals surface area contributed by atoms with Gasteiger partial charge in [-0.15, -0.1) is 0 Å². The summed E-state index contributed by atoms with van der Waals surface area (Å²) in [6, 6.07) is 11.9. The van der Waals surface area contributed by atoms with E-state index >= 15 is 0 Å². The van der Waals surface area contributed by atoms with Gasteiger partial charge < -0.3 is 15.3 Å². The zero-order valence-corrected chi connectivity index (χ0v) is 13.9. The van der Waals surface area contributed by atoms with Crippen molar-refractivity contribution in [1.82, 2.24) is 15.2 Å². The molecule has 5 nitrogen and oxygen atoms in total. The number of carbonyl (C=O) groups excluding carboxylic acids is 1. The minimum absolute atomic E-state index is 0.0302. The van der Waals surface area contributed by atoms with E-state index in [0.717, 1.165) is 29.5 Å². The molecule has 1 aliphatic rings. The van der Waals surface area contributed by atoms with Crippen LogP contribution in [0.15, 0.2) is 48.8 Å². The minimum atomic E-state index is -0.0998. The normalized spacial score (nSPS) is 18.4. The molecule has 3 rings (SSSR count). The first-order valence-electron chi connectivity index (χ1n) is 8.37. The maximum absolute atomic E-state index is 12.4. The predicted octanol–water partition coefficient (Wildman–Crippen LogP) is 2.98. The molecule has 5 heteroatoms. The van der Waals surface area contributed by atoms with Gasteiger partial charge in [-0.3, -0.25) is 4.98 Å². The van der Waals surface area contributed by atoms with Crippen molar-refractivity contribution in [2.75, 3.05) is 13.2 Å². The summed E-state index contributed by atoms with van der Waals surface area (Å²) in [5.74, 6) is 0. The fourth-order valence-electron chi connectivity index (χ4n) is 3.15. The second kappa shape index (κ2) is 7.45. The fourth-order valence-corrected chi connectivity index (χ4v) is 3.15. The molecule has 1 aromatic heterocycles. The molecule has 1 aromatic carbocycles. The van der Waals surface area contributed by atoms with Gasteiger partial charge in [-0.05, 0) is 48.6 Å². The molecule has 0 bridgehead atoms. The second-order valence-corrected chi connectivity index (χ2v) is 6.20. The predicted molar refractivity (Wildman–Crippen MR) is 93.4 cm³/mol. The van der Waals surface area contributed by atoms with E-state index in [2.05, 4.69) is 22.4 Å². The maximum Gasteiger partial charge on any atom is 0.318 e. The third-order valence-corrected chi connectivity index (χ3v) is 4.61. The Morgan fingerprint density at radius 1 is 1.25 bits per heavy atom. The number of likely N-dealkylation sites (tertiary alicyclic amines) is 1. The van der Waals surface area contributed by atoms with Crippen LogP contribution >= 0.6 is 0 Å². The van der Waals surface area contributed by atoms with E-state index in [-0.39, 0.29) is 24.7 Å². The van der Waals surface area contributed by atoms with Crippen molar-refractivity contribution in [3.63, 3.8) is 0 Å². The van der Waals surface area contributed by atoms with Crippen LogP contribution in [-0.2, 0) is 0 Å². The quantitative estimate of drug-likeness (QED) is 0.908. The highest BCUT2D eigenvalue weighted by Crippen LogP contribution is 2.22. The summed E-state index contributed by atoms with van der Waals surface area (Å²) >= 11 is 0. The molecule has 1 fully saturated rings. The zero-order chi connectivity index (χ0) is 16.9. The first-order valence-corrected chi connectivity index (χ1v) is 8.37. The SMILES string of the molecule is C[C@@H](NC(=O)N1CCC[C@H]1CO)c1ccc(-c2ccncc2)cc1. The number of nitrogens with one attached hydrogen (secondary N) is 1. The Bertz CT molecular complexity index is 673. The molecule has 0 unspecified atom stereocenters. The van der Waals surface area contributed by atoms with Crippen molar-refractivity contribution in [3.8, 4) is 11.1 Å². The Hall–Kier alpha value is -2.40. The average Bonchev–Trinajstić information content (AvgIpc) is 3.11. The van der Waals surface area contributed by atoms with Gasteiger partial charge in [0.05, 0.1) is 18.7 Å². The van der Waals surface area contributed by atoms with Gasteiger partial charge in [-0.1, -0.05) is 24.3 Å². The fraction of sp³-hybridized carbons (Fsp3) is 0.368. The van der Waals surface area contributed by atoms with E-state index in [1.165, 1.54) is 0 Å². The summed E-state index contributed by atoms with van der Waals surface area (Å²) in [4.78, 5) is 18.2. The lowest BCUT2D eigenvalue weighted by molar-refractivity contribution is 0.155. The van der Waals surface area contributed by atoms with Crippen LogP contribution in [0.5, 0.6) is 0 Å². The Morgan fingerprint density at radius 2 is 1.92 bits per heavy atom. The van der Waals surface area contributed by atoms with Crippen molar-refractivity contribution in [3.05, 3.63) is 54.4 Å². The molecular formula is C19H23N3O2. The molecule has 2 atom stereocenters. The number of hydrogen-bond donors (Lipinski definition) is 2. The van der Waals surface area contributed by atoms with Gasteiger partial charge in [-0.2, -0.15) is 0 Å². The molecule has 126 valence electrons. The van der Waals surface area contributed by atoms with Gasteiger partial charge in [0, 0.05) is 18.9 Å². The molecule has 2 aromatic rings. The number of aliphatic hydroxyl groups excluding tert-OH is 1. The van der Waals surface area contributed by atoms with Crippen LogP contribution in [0, 0.1) is 0 Å². The Morgan fingerprint density at radius 3 is 2.58 bits per heavy atom. The van der Waals surface area contributed by atoms with Gasteiger partial charge in [0.25, 0.3) is 0 Å². The number of pyridine rings is 1. The lowest BCUT2D eigenvalue weighted by Crippen LogP contribution is -2.44. The molecule has 2 heterocycles. The molecular weight excluding hydrogens is 302 g/mol. The van der Waals surface area contributed by atoms with Crippen LogP contribution < -0.4 is 5.32 Å². The van der Waals surface area contributed by atoms with Crippen LogP contribution in [0.3, 0.4) is 0 Å². The second-order valence-electron chi connectivity index (χ2n) is 6.20. The topological polar surface area (TPSA) is 65.5 Å². The summed E-state index contributed by atoms with van der Waals surface area (Å²) in [6.45, 7) is 2.72. The average molecular weight is 325 g/mol. The minimum Gasteiger partial charge on any atom is -0.394 e. The number of aliphatic hydroxyl groups is 1. The number of rotatable bonds is 4. The highest BCUT2D eigenvalue weighted by molar-refractivity contribution is 5.75. The molecule has 0 radical (unpaired) electrons. The number of benzene rings is 1.